The summed E-state index contributed by atoms with van der Waals surface area (Å²) in [5, 5.41) is -0.132. The second-order valence-corrected chi connectivity index (χ2v) is 4.59. The number of hydrogen-bond donors (Lipinski definition) is 0. The molecule has 0 bridgehead atoms. The standard InChI is InChI=1S/C12H9Cl2FN2O/c1-7-4-9(15)3-2-8(7)5-17-6-16-11(14)10(13)12(17)18/h2-4,6H,5H2,1H3. The van der Waals surface area contributed by atoms with E-state index in [4.69, 9.17) is 23.2 Å². The van der Waals surface area contributed by atoms with Gasteiger partial charge in [-0.05, 0) is 30.2 Å². The molecular formula is C12H9Cl2FN2O. The van der Waals surface area contributed by atoms with Crippen LogP contribution in [0.2, 0.25) is 10.2 Å². The third-order valence-corrected chi connectivity index (χ3v) is 3.31. The maximum absolute atomic E-state index is 13.0. The summed E-state index contributed by atoms with van der Waals surface area (Å²) in [6.07, 6.45) is 1.32. The van der Waals surface area contributed by atoms with E-state index in [1.165, 1.54) is 23.0 Å². The van der Waals surface area contributed by atoms with Crippen molar-refractivity contribution in [3.8, 4) is 0 Å². The summed E-state index contributed by atoms with van der Waals surface area (Å²) in [5.74, 6) is -0.309. The highest BCUT2D eigenvalue weighted by Crippen LogP contribution is 2.15. The van der Waals surface area contributed by atoms with Crippen molar-refractivity contribution < 1.29 is 4.39 Å². The van der Waals surface area contributed by atoms with Crippen LogP contribution in [0.1, 0.15) is 11.1 Å². The Labute approximate surface area is 113 Å². The van der Waals surface area contributed by atoms with Crippen molar-refractivity contribution in [1.82, 2.24) is 9.55 Å². The van der Waals surface area contributed by atoms with E-state index in [0.29, 0.717) is 0 Å². The fourth-order valence-corrected chi connectivity index (χ4v) is 1.86. The van der Waals surface area contributed by atoms with Crippen LogP contribution in [0.4, 0.5) is 4.39 Å². The van der Waals surface area contributed by atoms with Crippen molar-refractivity contribution in [2.24, 2.45) is 0 Å². The lowest BCUT2D eigenvalue weighted by atomic mass is 10.1. The lowest BCUT2D eigenvalue weighted by Crippen LogP contribution is -2.22. The van der Waals surface area contributed by atoms with Crippen molar-refractivity contribution in [2.75, 3.05) is 0 Å². The normalized spacial score (nSPS) is 10.7. The minimum atomic E-state index is -0.416. The monoisotopic (exact) mass is 286 g/mol. The quantitative estimate of drug-likeness (QED) is 0.796. The number of benzene rings is 1. The van der Waals surface area contributed by atoms with Gasteiger partial charge in [0.2, 0.25) is 0 Å². The fourth-order valence-electron chi connectivity index (χ4n) is 1.58. The molecule has 0 atom stereocenters. The van der Waals surface area contributed by atoms with Crippen LogP contribution < -0.4 is 5.56 Å². The van der Waals surface area contributed by atoms with Gasteiger partial charge in [0, 0.05) is 0 Å². The summed E-state index contributed by atoms with van der Waals surface area (Å²) < 4.78 is 14.3. The van der Waals surface area contributed by atoms with Crippen molar-refractivity contribution in [2.45, 2.75) is 13.5 Å². The zero-order valence-corrected chi connectivity index (χ0v) is 11.0. The minimum absolute atomic E-state index is 0.0197. The van der Waals surface area contributed by atoms with Crippen LogP contribution in [0.25, 0.3) is 0 Å². The Morgan fingerprint density at radius 1 is 1.39 bits per heavy atom. The van der Waals surface area contributed by atoms with Gasteiger partial charge in [-0.15, -0.1) is 0 Å². The molecule has 3 nitrogen and oxygen atoms in total. The molecule has 0 saturated heterocycles. The van der Waals surface area contributed by atoms with E-state index in [-0.39, 0.29) is 22.5 Å². The molecule has 0 N–H and O–H groups in total. The van der Waals surface area contributed by atoms with Crippen molar-refractivity contribution in [1.29, 1.82) is 0 Å². The van der Waals surface area contributed by atoms with Gasteiger partial charge in [0.1, 0.15) is 10.8 Å². The average Bonchev–Trinajstić information content (AvgIpc) is 2.33. The zero-order chi connectivity index (χ0) is 13.3. The molecule has 18 heavy (non-hydrogen) atoms. The molecule has 0 unspecified atom stereocenters. The number of aryl methyl sites for hydroxylation is 1. The number of aromatic nitrogens is 2. The van der Waals surface area contributed by atoms with Crippen LogP contribution >= 0.6 is 23.2 Å². The van der Waals surface area contributed by atoms with Crippen LogP contribution in [0, 0.1) is 12.7 Å². The molecule has 94 valence electrons. The summed E-state index contributed by atoms with van der Waals surface area (Å²) in [6.45, 7) is 2.04. The largest absolute Gasteiger partial charge is 0.293 e. The molecule has 0 aliphatic heterocycles. The Morgan fingerprint density at radius 3 is 2.78 bits per heavy atom. The van der Waals surface area contributed by atoms with E-state index in [0.717, 1.165) is 11.1 Å². The highest BCUT2D eigenvalue weighted by molar-refractivity contribution is 6.40. The SMILES string of the molecule is Cc1cc(F)ccc1Cn1cnc(Cl)c(Cl)c1=O. The van der Waals surface area contributed by atoms with Gasteiger partial charge >= 0.3 is 0 Å². The Balaban J connectivity index is 2.41. The predicted octanol–water partition coefficient (Wildman–Crippen LogP) is 3.05. The van der Waals surface area contributed by atoms with Crippen molar-refractivity contribution >= 4 is 23.2 Å². The van der Waals surface area contributed by atoms with Crippen LogP contribution in [-0.2, 0) is 6.54 Å². The first-order valence-electron chi connectivity index (χ1n) is 5.14. The lowest BCUT2D eigenvalue weighted by molar-refractivity contribution is 0.624. The first kappa shape index (κ1) is 13.1. The maximum atomic E-state index is 13.0. The summed E-state index contributed by atoms with van der Waals surface area (Å²) >= 11 is 11.4. The third kappa shape index (κ3) is 2.54. The van der Waals surface area contributed by atoms with Gasteiger partial charge in [0.05, 0.1) is 12.9 Å². The van der Waals surface area contributed by atoms with Crippen LogP contribution in [0.3, 0.4) is 0 Å². The minimum Gasteiger partial charge on any atom is -0.293 e. The zero-order valence-electron chi connectivity index (χ0n) is 9.45. The van der Waals surface area contributed by atoms with Gasteiger partial charge < -0.3 is 0 Å². The van der Waals surface area contributed by atoms with Crippen molar-refractivity contribution in [3.63, 3.8) is 0 Å². The Bertz CT molecular complexity index is 655. The van der Waals surface area contributed by atoms with Gasteiger partial charge in [-0.25, -0.2) is 9.37 Å². The Kier molecular flexibility index (Phi) is 3.68. The smallest absolute Gasteiger partial charge is 0.273 e. The van der Waals surface area contributed by atoms with E-state index in [9.17, 15) is 9.18 Å². The van der Waals surface area contributed by atoms with E-state index in [1.807, 2.05) is 0 Å². The summed E-state index contributed by atoms with van der Waals surface area (Å²) in [7, 11) is 0. The number of halogens is 3. The summed E-state index contributed by atoms with van der Waals surface area (Å²) in [4.78, 5) is 15.6. The number of rotatable bonds is 2. The maximum Gasteiger partial charge on any atom is 0.273 e. The molecule has 0 spiro atoms. The van der Waals surface area contributed by atoms with Crippen LogP contribution in [0.5, 0.6) is 0 Å². The number of nitrogens with zero attached hydrogens (tertiary/aromatic N) is 2. The van der Waals surface area contributed by atoms with Gasteiger partial charge in [-0.1, -0.05) is 29.3 Å². The predicted molar refractivity (Wildman–Crippen MR) is 68.8 cm³/mol. The lowest BCUT2D eigenvalue weighted by Gasteiger charge is -2.09. The summed E-state index contributed by atoms with van der Waals surface area (Å²) in [5.41, 5.74) is 1.16. The fraction of sp³-hybridized carbons (Fsp3) is 0.167. The molecule has 0 saturated carbocycles. The van der Waals surface area contributed by atoms with E-state index in [2.05, 4.69) is 4.98 Å². The third-order valence-electron chi connectivity index (χ3n) is 2.59. The van der Waals surface area contributed by atoms with Gasteiger partial charge in [0.15, 0.2) is 5.15 Å². The Morgan fingerprint density at radius 2 is 2.11 bits per heavy atom. The second kappa shape index (κ2) is 5.08. The molecule has 1 aromatic carbocycles. The van der Waals surface area contributed by atoms with Gasteiger partial charge in [0.25, 0.3) is 5.56 Å². The van der Waals surface area contributed by atoms with Crippen molar-refractivity contribution in [3.05, 3.63) is 62.0 Å². The molecule has 6 heteroatoms. The second-order valence-electron chi connectivity index (χ2n) is 3.85. The summed E-state index contributed by atoms with van der Waals surface area (Å²) in [6, 6.07) is 4.38. The molecule has 2 rings (SSSR count). The van der Waals surface area contributed by atoms with E-state index >= 15 is 0 Å². The van der Waals surface area contributed by atoms with Gasteiger partial charge in [-0.2, -0.15) is 0 Å². The topological polar surface area (TPSA) is 34.9 Å². The molecule has 2 aromatic rings. The Hall–Kier alpha value is -1.39. The van der Waals surface area contributed by atoms with Gasteiger partial charge in [-0.3, -0.25) is 9.36 Å². The van der Waals surface area contributed by atoms with E-state index in [1.54, 1.807) is 13.0 Å². The molecule has 0 amide bonds. The van der Waals surface area contributed by atoms with Crippen LogP contribution in [-0.4, -0.2) is 9.55 Å². The molecular weight excluding hydrogens is 278 g/mol. The molecule has 0 aliphatic rings. The molecule has 0 radical (unpaired) electrons. The molecule has 1 heterocycles. The highest BCUT2D eigenvalue weighted by atomic mass is 35.5. The number of hydrogen-bond acceptors (Lipinski definition) is 2. The molecule has 0 aliphatic carbocycles. The van der Waals surface area contributed by atoms with Crippen LogP contribution in [0.15, 0.2) is 29.3 Å². The van der Waals surface area contributed by atoms with E-state index < -0.39 is 5.56 Å². The first-order valence-corrected chi connectivity index (χ1v) is 5.90. The average molecular weight is 287 g/mol. The molecule has 0 fully saturated rings. The highest BCUT2D eigenvalue weighted by Gasteiger charge is 2.09. The first-order chi connectivity index (χ1) is 8.49. The molecule has 1 aromatic heterocycles.